The standard InChI is InChI=1S/C6HClF4O3S/c7-1-2(8)3(9)4(10)5(11)6(1)15(12,13)14/h(H,12,13,14). The average molecular weight is 265 g/mol. The average Bonchev–Trinajstić information content (AvgIpc) is 2.09. The van der Waals surface area contributed by atoms with E-state index in [9.17, 15) is 26.0 Å². The van der Waals surface area contributed by atoms with Crippen LogP contribution in [0.1, 0.15) is 0 Å². The normalized spacial score (nSPS) is 11.9. The zero-order chi connectivity index (χ0) is 12.0. The van der Waals surface area contributed by atoms with E-state index in [0.29, 0.717) is 0 Å². The molecule has 0 aliphatic heterocycles. The summed E-state index contributed by atoms with van der Waals surface area (Å²) in [4.78, 5) is -1.83. The van der Waals surface area contributed by atoms with E-state index in [1.54, 1.807) is 0 Å². The summed E-state index contributed by atoms with van der Waals surface area (Å²) in [5, 5.41) is -1.55. The summed E-state index contributed by atoms with van der Waals surface area (Å²) in [5.74, 6) is -9.00. The molecular weight excluding hydrogens is 264 g/mol. The van der Waals surface area contributed by atoms with Gasteiger partial charge in [0.25, 0.3) is 10.1 Å². The molecule has 0 heterocycles. The van der Waals surface area contributed by atoms with Crippen LogP contribution in [-0.2, 0) is 10.1 Å². The minimum Gasteiger partial charge on any atom is -0.282 e. The molecule has 1 aromatic rings. The summed E-state index contributed by atoms with van der Waals surface area (Å²) in [7, 11) is -5.28. The lowest BCUT2D eigenvalue weighted by Gasteiger charge is -2.05. The summed E-state index contributed by atoms with van der Waals surface area (Å²) < 4.78 is 79.8. The van der Waals surface area contributed by atoms with Crippen molar-refractivity contribution < 1.29 is 30.5 Å². The van der Waals surface area contributed by atoms with Crippen molar-refractivity contribution in [2.75, 3.05) is 0 Å². The molecule has 0 fully saturated rings. The number of rotatable bonds is 1. The highest BCUT2D eigenvalue weighted by Crippen LogP contribution is 2.31. The Morgan fingerprint density at radius 3 is 1.73 bits per heavy atom. The van der Waals surface area contributed by atoms with E-state index in [1.807, 2.05) is 0 Å². The topological polar surface area (TPSA) is 54.4 Å². The highest BCUT2D eigenvalue weighted by molar-refractivity contribution is 7.86. The van der Waals surface area contributed by atoms with Crippen molar-refractivity contribution in [2.45, 2.75) is 4.90 Å². The monoisotopic (exact) mass is 264 g/mol. The molecule has 0 spiro atoms. The van der Waals surface area contributed by atoms with Crippen LogP contribution in [0, 0.1) is 23.3 Å². The van der Waals surface area contributed by atoms with E-state index in [4.69, 9.17) is 16.2 Å². The Labute approximate surface area is 86.0 Å². The van der Waals surface area contributed by atoms with Crippen LogP contribution in [0.5, 0.6) is 0 Å². The minimum absolute atomic E-state index is 1.55. The van der Waals surface area contributed by atoms with Gasteiger partial charge in [-0.25, -0.2) is 17.6 Å². The Hall–Kier alpha value is -0.860. The Bertz CT molecular complexity index is 499. The van der Waals surface area contributed by atoms with Gasteiger partial charge in [0.05, 0.1) is 0 Å². The van der Waals surface area contributed by atoms with Gasteiger partial charge in [-0.15, -0.1) is 0 Å². The molecule has 0 saturated heterocycles. The van der Waals surface area contributed by atoms with Crippen LogP contribution in [0.15, 0.2) is 4.90 Å². The van der Waals surface area contributed by atoms with Crippen LogP contribution in [0.4, 0.5) is 17.6 Å². The molecule has 0 saturated carbocycles. The second-order valence-electron chi connectivity index (χ2n) is 2.37. The van der Waals surface area contributed by atoms with E-state index in [-0.39, 0.29) is 0 Å². The molecule has 0 atom stereocenters. The first-order valence-electron chi connectivity index (χ1n) is 3.16. The molecule has 0 radical (unpaired) electrons. The molecule has 3 nitrogen and oxygen atoms in total. The number of hydrogen-bond donors (Lipinski definition) is 1. The van der Waals surface area contributed by atoms with Crippen LogP contribution >= 0.6 is 11.6 Å². The van der Waals surface area contributed by atoms with E-state index in [2.05, 4.69) is 0 Å². The maximum atomic E-state index is 12.8. The van der Waals surface area contributed by atoms with Crippen molar-refractivity contribution in [2.24, 2.45) is 0 Å². The molecule has 1 aromatic carbocycles. The van der Waals surface area contributed by atoms with E-state index < -0.39 is 43.3 Å². The Kier molecular flexibility index (Phi) is 2.94. The molecule has 0 aromatic heterocycles. The van der Waals surface area contributed by atoms with Gasteiger partial charge < -0.3 is 0 Å². The Balaban J connectivity index is 3.84. The fourth-order valence-electron chi connectivity index (χ4n) is 0.811. The summed E-state index contributed by atoms with van der Waals surface area (Å²) in [6.45, 7) is 0. The van der Waals surface area contributed by atoms with Gasteiger partial charge in [0.1, 0.15) is 5.02 Å². The molecule has 9 heteroatoms. The van der Waals surface area contributed by atoms with Gasteiger partial charge in [-0.3, -0.25) is 4.55 Å². The molecule has 0 amide bonds. The number of halogens is 5. The third-order valence-corrected chi connectivity index (χ3v) is 2.79. The van der Waals surface area contributed by atoms with Crippen molar-refractivity contribution in [3.63, 3.8) is 0 Å². The van der Waals surface area contributed by atoms with Gasteiger partial charge in [-0.05, 0) is 0 Å². The Morgan fingerprint density at radius 2 is 1.33 bits per heavy atom. The van der Waals surface area contributed by atoms with Crippen molar-refractivity contribution in [1.82, 2.24) is 0 Å². The van der Waals surface area contributed by atoms with Gasteiger partial charge in [0.2, 0.25) is 0 Å². The van der Waals surface area contributed by atoms with Gasteiger partial charge in [0.15, 0.2) is 28.2 Å². The van der Waals surface area contributed by atoms with Gasteiger partial charge in [0, 0.05) is 0 Å². The van der Waals surface area contributed by atoms with Gasteiger partial charge >= 0.3 is 0 Å². The first kappa shape index (κ1) is 12.2. The van der Waals surface area contributed by atoms with Crippen LogP contribution in [0.25, 0.3) is 0 Å². The smallest absolute Gasteiger partial charge is 0.282 e. The SMILES string of the molecule is O=S(=O)(O)c1c(F)c(F)c(F)c(F)c1Cl. The maximum absolute atomic E-state index is 12.8. The van der Waals surface area contributed by atoms with Gasteiger partial charge in [-0.2, -0.15) is 8.42 Å². The lowest BCUT2D eigenvalue weighted by molar-refractivity contribution is 0.391. The molecule has 15 heavy (non-hydrogen) atoms. The molecule has 84 valence electrons. The highest BCUT2D eigenvalue weighted by atomic mass is 35.5. The van der Waals surface area contributed by atoms with Crippen LogP contribution in [0.2, 0.25) is 5.02 Å². The first-order valence-corrected chi connectivity index (χ1v) is 4.98. The second kappa shape index (κ2) is 3.62. The summed E-state index contributed by atoms with van der Waals surface area (Å²) in [6.07, 6.45) is 0. The van der Waals surface area contributed by atoms with Crippen LogP contribution in [0.3, 0.4) is 0 Å². The third kappa shape index (κ3) is 1.92. The second-order valence-corrected chi connectivity index (χ2v) is 4.11. The molecule has 0 unspecified atom stereocenters. The van der Waals surface area contributed by atoms with Crippen LogP contribution < -0.4 is 0 Å². The molecule has 0 aliphatic carbocycles. The van der Waals surface area contributed by atoms with Crippen molar-refractivity contribution in [3.05, 3.63) is 28.3 Å². The molecule has 1 rings (SSSR count). The fourth-order valence-corrected chi connectivity index (χ4v) is 1.90. The van der Waals surface area contributed by atoms with Crippen molar-refractivity contribution in [1.29, 1.82) is 0 Å². The number of benzene rings is 1. The molecule has 0 aliphatic rings. The van der Waals surface area contributed by atoms with E-state index in [1.165, 1.54) is 0 Å². The Morgan fingerprint density at radius 1 is 0.933 bits per heavy atom. The summed E-state index contributed by atoms with van der Waals surface area (Å²) in [5.41, 5.74) is 0. The largest absolute Gasteiger partial charge is 0.299 e. The molecule has 0 bridgehead atoms. The third-order valence-electron chi connectivity index (χ3n) is 1.43. The van der Waals surface area contributed by atoms with E-state index in [0.717, 1.165) is 0 Å². The van der Waals surface area contributed by atoms with Crippen LogP contribution in [-0.4, -0.2) is 13.0 Å². The predicted octanol–water partition coefficient (Wildman–Crippen LogP) is 2.14. The minimum atomic E-state index is -5.28. The van der Waals surface area contributed by atoms with Crippen molar-refractivity contribution >= 4 is 21.7 Å². The maximum Gasteiger partial charge on any atom is 0.299 e. The lowest BCUT2D eigenvalue weighted by atomic mass is 10.3. The first-order chi connectivity index (χ1) is 6.68. The molecule has 1 N–H and O–H groups in total. The predicted molar refractivity (Wildman–Crippen MR) is 41.1 cm³/mol. The zero-order valence-electron chi connectivity index (χ0n) is 6.56. The van der Waals surface area contributed by atoms with Gasteiger partial charge in [-0.1, -0.05) is 11.6 Å². The molecular formula is C6HClF4O3S. The summed E-state index contributed by atoms with van der Waals surface area (Å²) >= 11 is 4.90. The highest BCUT2D eigenvalue weighted by Gasteiger charge is 2.30. The zero-order valence-corrected chi connectivity index (χ0v) is 8.13. The number of hydrogen-bond acceptors (Lipinski definition) is 2. The van der Waals surface area contributed by atoms with Crippen molar-refractivity contribution in [3.8, 4) is 0 Å². The quantitative estimate of drug-likeness (QED) is 0.366. The summed E-state index contributed by atoms with van der Waals surface area (Å²) in [6, 6.07) is 0. The lowest BCUT2D eigenvalue weighted by Crippen LogP contribution is -2.09. The van der Waals surface area contributed by atoms with E-state index >= 15 is 0 Å². The fraction of sp³-hybridized carbons (Fsp3) is 0.